The summed E-state index contributed by atoms with van der Waals surface area (Å²) in [4.78, 5) is 28.2. The van der Waals surface area contributed by atoms with Crippen molar-refractivity contribution in [3.05, 3.63) is 0 Å². The maximum absolute atomic E-state index is 12.3. The fourth-order valence-corrected chi connectivity index (χ4v) is 3.49. The van der Waals surface area contributed by atoms with Gasteiger partial charge in [0.2, 0.25) is 5.91 Å². The zero-order valence-electron chi connectivity index (χ0n) is 13.4. The van der Waals surface area contributed by atoms with Crippen LogP contribution in [0, 0.1) is 0 Å². The van der Waals surface area contributed by atoms with Gasteiger partial charge in [0.15, 0.2) is 0 Å². The lowest BCUT2D eigenvalue weighted by Gasteiger charge is -2.25. The minimum Gasteiger partial charge on any atom is -0.468 e. The van der Waals surface area contributed by atoms with Crippen LogP contribution < -0.4 is 11.1 Å². The first-order valence-corrected chi connectivity index (χ1v) is 8.21. The van der Waals surface area contributed by atoms with Crippen LogP contribution in [0.2, 0.25) is 0 Å². The van der Waals surface area contributed by atoms with Crippen LogP contribution in [-0.4, -0.2) is 80.1 Å². The lowest BCUT2D eigenvalue weighted by Crippen LogP contribution is -2.47. The molecule has 3 N–H and O–H groups in total. The molecule has 2 heterocycles. The van der Waals surface area contributed by atoms with Crippen molar-refractivity contribution in [1.29, 1.82) is 0 Å². The first-order chi connectivity index (χ1) is 10.7. The molecule has 7 heteroatoms. The van der Waals surface area contributed by atoms with Gasteiger partial charge in [-0.15, -0.1) is 0 Å². The summed E-state index contributed by atoms with van der Waals surface area (Å²) in [6.45, 7) is 4.45. The second kappa shape index (κ2) is 8.45. The molecule has 0 aliphatic carbocycles. The third-order valence-electron chi connectivity index (χ3n) is 4.62. The summed E-state index contributed by atoms with van der Waals surface area (Å²) >= 11 is 0. The molecule has 2 aliphatic heterocycles. The molecule has 2 aliphatic rings. The Bertz CT molecular complexity index is 391. The van der Waals surface area contributed by atoms with E-state index in [2.05, 4.69) is 15.1 Å². The number of nitrogens with one attached hydrogen (secondary N) is 1. The molecular formula is C15H28N4O3. The monoisotopic (exact) mass is 312 g/mol. The number of likely N-dealkylation sites (tertiary alicyclic amines) is 2. The highest BCUT2D eigenvalue weighted by atomic mass is 16.5. The van der Waals surface area contributed by atoms with Gasteiger partial charge in [-0.2, -0.15) is 0 Å². The molecule has 0 aromatic heterocycles. The molecule has 0 aromatic rings. The smallest absolute Gasteiger partial charge is 0.323 e. The van der Waals surface area contributed by atoms with E-state index in [0.717, 1.165) is 45.3 Å². The third-order valence-corrected chi connectivity index (χ3v) is 4.62. The Morgan fingerprint density at radius 3 is 2.41 bits per heavy atom. The number of carbonyl (C=O) groups is 2. The number of hydrogen-bond acceptors (Lipinski definition) is 6. The van der Waals surface area contributed by atoms with Gasteiger partial charge in [0.25, 0.3) is 0 Å². The molecule has 0 bridgehead atoms. The van der Waals surface area contributed by atoms with Crippen LogP contribution in [0.4, 0.5) is 0 Å². The number of rotatable bonds is 7. The largest absolute Gasteiger partial charge is 0.468 e. The Morgan fingerprint density at radius 2 is 1.77 bits per heavy atom. The van der Waals surface area contributed by atoms with Crippen LogP contribution >= 0.6 is 0 Å². The second-order valence-corrected chi connectivity index (χ2v) is 5.99. The minimum absolute atomic E-state index is 0.0430. The highest BCUT2D eigenvalue weighted by Crippen LogP contribution is 2.18. The standard InChI is InChI=1S/C15H28N4O3/c1-22-15(21)13-5-3-9-19(13)11-7-17-14(20)12-4-2-8-18(12)10-6-16/h12-13H,2-11,16H2,1H3,(H,17,20)/t12-,13-/m0/s1. The fourth-order valence-electron chi connectivity index (χ4n) is 3.49. The molecule has 7 nitrogen and oxygen atoms in total. The molecule has 1 amide bonds. The molecule has 2 fully saturated rings. The van der Waals surface area contributed by atoms with Crippen LogP contribution in [-0.2, 0) is 14.3 Å². The Labute approximate surface area is 132 Å². The van der Waals surface area contributed by atoms with Crippen molar-refractivity contribution in [3.8, 4) is 0 Å². The maximum Gasteiger partial charge on any atom is 0.323 e. The summed E-state index contributed by atoms with van der Waals surface area (Å²) < 4.78 is 4.83. The van der Waals surface area contributed by atoms with Crippen LogP contribution in [0.3, 0.4) is 0 Å². The van der Waals surface area contributed by atoms with Gasteiger partial charge < -0.3 is 15.8 Å². The zero-order chi connectivity index (χ0) is 15.9. The molecule has 22 heavy (non-hydrogen) atoms. The summed E-state index contributed by atoms with van der Waals surface area (Å²) in [5.41, 5.74) is 5.59. The van der Waals surface area contributed by atoms with E-state index in [4.69, 9.17) is 10.5 Å². The van der Waals surface area contributed by atoms with Gasteiger partial charge in [-0.1, -0.05) is 0 Å². The van der Waals surface area contributed by atoms with Crippen LogP contribution in [0.5, 0.6) is 0 Å². The van der Waals surface area contributed by atoms with Crippen molar-refractivity contribution in [3.63, 3.8) is 0 Å². The van der Waals surface area contributed by atoms with Gasteiger partial charge in [-0.25, -0.2) is 0 Å². The molecule has 2 saturated heterocycles. The van der Waals surface area contributed by atoms with E-state index in [1.54, 1.807) is 0 Å². The van der Waals surface area contributed by atoms with Crippen molar-refractivity contribution in [2.45, 2.75) is 37.8 Å². The summed E-state index contributed by atoms with van der Waals surface area (Å²) in [5, 5.41) is 3.00. The van der Waals surface area contributed by atoms with E-state index < -0.39 is 0 Å². The van der Waals surface area contributed by atoms with E-state index in [9.17, 15) is 9.59 Å². The first-order valence-electron chi connectivity index (χ1n) is 8.21. The molecule has 2 rings (SSSR count). The van der Waals surface area contributed by atoms with Gasteiger partial charge in [-0.05, 0) is 38.8 Å². The van der Waals surface area contributed by atoms with Crippen molar-refractivity contribution in [2.75, 3.05) is 46.4 Å². The van der Waals surface area contributed by atoms with Crippen molar-refractivity contribution in [2.24, 2.45) is 5.73 Å². The Hall–Kier alpha value is -1.18. The average molecular weight is 312 g/mol. The molecule has 0 aromatic carbocycles. The lowest BCUT2D eigenvalue weighted by atomic mass is 10.2. The highest BCUT2D eigenvalue weighted by Gasteiger charge is 2.32. The van der Waals surface area contributed by atoms with Crippen LogP contribution in [0.25, 0.3) is 0 Å². The molecule has 0 spiro atoms. The number of ether oxygens (including phenoxy) is 1. The van der Waals surface area contributed by atoms with Crippen molar-refractivity contribution < 1.29 is 14.3 Å². The number of nitrogens with two attached hydrogens (primary N) is 1. The topological polar surface area (TPSA) is 87.9 Å². The summed E-state index contributed by atoms with van der Waals surface area (Å²) in [5.74, 6) is -0.0893. The maximum atomic E-state index is 12.3. The van der Waals surface area contributed by atoms with Crippen molar-refractivity contribution >= 4 is 11.9 Å². The number of carbonyl (C=O) groups excluding carboxylic acids is 2. The number of esters is 1. The SMILES string of the molecule is COC(=O)[C@@H]1CCCN1CCNC(=O)[C@@H]1CCCN1CCN. The fraction of sp³-hybridized carbons (Fsp3) is 0.867. The van der Waals surface area contributed by atoms with Crippen LogP contribution in [0.1, 0.15) is 25.7 Å². The van der Waals surface area contributed by atoms with E-state index >= 15 is 0 Å². The first kappa shape index (κ1) is 17.2. The zero-order valence-corrected chi connectivity index (χ0v) is 13.4. The molecule has 0 unspecified atom stereocenters. The number of amides is 1. The molecule has 0 radical (unpaired) electrons. The highest BCUT2D eigenvalue weighted by molar-refractivity contribution is 5.82. The predicted molar refractivity (Wildman–Crippen MR) is 83.3 cm³/mol. The van der Waals surface area contributed by atoms with Crippen LogP contribution in [0.15, 0.2) is 0 Å². The Morgan fingerprint density at radius 1 is 1.14 bits per heavy atom. The summed E-state index contributed by atoms with van der Waals surface area (Å²) in [6.07, 6.45) is 3.79. The normalized spacial score (nSPS) is 26.3. The second-order valence-electron chi connectivity index (χ2n) is 5.99. The van der Waals surface area contributed by atoms with Crippen molar-refractivity contribution in [1.82, 2.24) is 15.1 Å². The summed E-state index contributed by atoms with van der Waals surface area (Å²) in [6, 6.07) is -0.194. The molecule has 126 valence electrons. The van der Waals surface area contributed by atoms with Gasteiger partial charge >= 0.3 is 5.97 Å². The molecular weight excluding hydrogens is 284 g/mol. The predicted octanol–water partition coefficient (Wildman–Crippen LogP) is -0.837. The quantitative estimate of drug-likeness (QED) is 0.596. The van der Waals surface area contributed by atoms with Gasteiger partial charge in [-0.3, -0.25) is 19.4 Å². The van der Waals surface area contributed by atoms with E-state index in [-0.39, 0.29) is 24.0 Å². The van der Waals surface area contributed by atoms with E-state index in [1.807, 2.05) is 0 Å². The third kappa shape index (κ3) is 4.18. The lowest BCUT2D eigenvalue weighted by molar-refractivity contribution is -0.145. The average Bonchev–Trinajstić information content (AvgIpc) is 3.16. The number of hydrogen-bond donors (Lipinski definition) is 2. The van der Waals surface area contributed by atoms with E-state index in [1.165, 1.54) is 7.11 Å². The van der Waals surface area contributed by atoms with E-state index in [0.29, 0.717) is 19.6 Å². The van der Waals surface area contributed by atoms with Gasteiger partial charge in [0.05, 0.1) is 13.2 Å². The number of nitrogens with zero attached hydrogens (tertiary/aromatic N) is 2. The molecule has 0 saturated carbocycles. The Kier molecular flexibility index (Phi) is 6.60. The van der Waals surface area contributed by atoms with Gasteiger partial charge in [0, 0.05) is 26.2 Å². The molecule has 2 atom stereocenters. The number of methoxy groups -OCH3 is 1. The summed E-state index contributed by atoms with van der Waals surface area (Å²) in [7, 11) is 1.42. The Balaban J connectivity index is 1.73. The van der Waals surface area contributed by atoms with Gasteiger partial charge in [0.1, 0.15) is 6.04 Å². The minimum atomic E-state index is -0.172.